The summed E-state index contributed by atoms with van der Waals surface area (Å²) in [7, 11) is 0. The normalized spacial score (nSPS) is 24.0. The van der Waals surface area contributed by atoms with Crippen LogP contribution in [0.5, 0.6) is 0 Å². The average Bonchev–Trinajstić information content (AvgIpc) is 2.66. The van der Waals surface area contributed by atoms with E-state index in [1.165, 1.54) is 6.33 Å². The Morgan fingerprint density at radius 3 is 3.00 bits per heavy atom. The number of nitrogens with one attached hydrogen (secondary N) is 1. The highest BCUT2D eigenvalue weighted by atomic mass is 79.9. The van der Waals surface area contributed by atoms with Crippen LogP contribution in [0.25, 0.3) is 0 Å². The number of aliphatic carboxylic acids is 1. The molecule has 0 radical (unpaired) electrons. The van der Waals surface area contributed by atoms with Crippen molar-refractivity contribution in [1.82, 2.24) is 9.97 Å². The molecular weight excluding hydrogens is 292 g/mol. The summed E-state index contributed by atoms with van der Waals surface area (Å²) in [4.78, 5) is 30.5. The molecule has 0 amide bonds. The van der Waals surface area contributed by atoms with Crippen molar-refractivity contribution in [2.75, 3.05) is 18.0 Å². The third-order valence-electron chi connectivity index (χ3n) is 2.80. The van der Waals surface area contributed by atoms with E-state index in [1.54, 1.807) is 4.90 Å². The van der Waals surface area contributed by atoms with E-state index in [0.717, 1.165) is 0 Å². The molecule has 17 heavy (non-hydrogen) atoms. The number of aromatic amines is 1. The van der Waals surface area contributed by atoms with E-state index in [-0.39, 0.29) is 16.6 Å². The number of nitrogens with two attached hydrogens (primary N) is 1. The van der Waals surface area contributed by atoms with Gasteiger partial charge < -0.3 is 20.7 Å². The third kappa shape index (κ3) is 2.05. The van der Waals surface area contributed by atoms with Crippen molar-refractivity contribution >= 4 is 27.7 Å². The number of carboxylic acids is 1. The van der Waals surface area contributed by atoms with Gasteiger partial charge in [0.05, 0.1) is 6.33 Å². The number of hydrogen-bond acceptors (Lipinski definition) is 5. The number of halogens is 1. The van der Waals surface area contributed by atoms with Gasteiger partial charge in [0.25, 0.3) is 5.56 Å². The van der Waals surface area contributed by atoms with E-state index < -0.39 is 11.5 Å². The second-order valence-electron chi connectivity index (χ2n) is 4.00. The van der Waals surface area contributed by atoms with Crippen molar-refractivity contribution in [1.29, 1.82) is 0 Å². The number of nitrogens with zero attached hydrogens (tertiary/aromatic N) is 2. The standard InChI is InChI=1S/C9H11BrN4O3/c10-5-6(12-4-13-7(5)15)14-2-1-9(11,3-14)8(16)17/h4H,1-3,11H2,(H,16,17)(H,12,13,15). The van der Waals surface area contributed by atoms with Gasteiger partial charge in [0.1, 0.15) is 15.8 Å². The second kappa shape index (κ2) is 4.11. The first kappa shape index (κ1) is 12.1. The Balaban J connectivity index is 2.30. The van der Waals surface area contributed by atoms with Crippen LogP contribution >= 0.6 is 15.9 Å². The molecule has 1 fully saturated rings. The molecule has 0 saturated carbocycles. The smallest absolute Gasteiger partial charge is 0.325 e. The van der Waals surface area contributed by atoms with Crippen LogP contribution in [0.4, 0.5) is 5.82 Å². The predicted molar refractivity (Wildman–Crippen MR) is 63.9 cm³/mol. The van der Waals surface area contributed by atoms with E-state index in [4.69, 9.17) is 10.8 Å². The molecule has 2 rings (SSSR count). The minimum absolute atomic E-state index is 0.136. The van der Waals surface area contributed by atoms with Gasteiger partial charge in [0.15, 0.2) is 0 Å². The Kier molecular flexibility index (Phi) is 2.92. The maximum Gasteiger partial charge on any atom is 0.325 e. The highest BCUT2D eigenvalue weighted by Crippen LogP contribution is 2.27. The molecule has 1 aliphatic heterocycles. The van der Waals surface area contributed by atoms with Crippen LogP contribution in [0.15, 0.2) is 15.6 Å². The predicted octanol–water partition coefficient (Wildman–Crippen LogP) is -0.475. The molecular formula is C9H11BrN4O3. The van der Waals surface area contributed by atoms with E-state index in [2.05, 4.69) is 25.9 Å². The van der Waals surface area contributed by atoms with Crippen LogP contribution in [0.2, 0.25) is 0 Å². The van der Waals surface area contributed by atoms with Gasteiger partial charge in [-0.25, -0.2) is 4.98 Å². The Hall–Kier alpha value is -1.41. The first-order chi connectivity index (χ1) is 7.94. The second-order valence-corrected chi connectivity index (χ2v) is 4.80. The number of H-pyrrole nitrogens is 1. The SMILES string of the molecule is NC1(C(=O)O)CCN(c2nc[nH]c(=O)c2Br)C1. The summed E-state index contributed by atoms with van der Waals surface area (Å²) in [6.07, 6.45) is 1.60. The number of aromatic nitrogens is 2. The first-order valence-corrected chi connectivity index (χ1v) is 5.74. The van der Waals surface area contributed by atoms with Gasteiger partial charge in [-0.1, -0.05) is 0 Å². The number of hydrogen-bond donors (Lipinski definition) is 3. The molecule has 0 bridgehead atoms. The van der Waals surface area contributed by atoms with Crippen LogP contribution in [0.3, 0.4) is 0 Å². The fraction of sp³-hybridized carbons (Fsp3) is 0.444. The van der Waals surface area contributed by atoms with Crippen molar-refractivity contribution in [3.8, 4) is 0 Å². The summed E-state index contributed by atoms with van der Waals surface area (Å²) in [6, 6.07) is 0. The molecule has 1 saturated heterocycles. The third-order valence-corrected chi connectivity index (χ3v) is 3.52. The highest BCUT2D eigenvalue weighted by Gasteiger charge is 2.42. The lowest BCUT2D eigenvalue weighted by molar-refractivity contribution is -0.142. The largest absolute Gasteiger partial charge is 0.480 e. The molecule has 0 aliphatic carbocycles. The quantitative estimate of drug-likeness (QED) is 0.680. The molecule has 1 aromatic rings. The Morgan fingerprint density at radius 1 is 1.71 bits per heavy atom. The summed E-state index contributed by atoms with van der Waals surface area (Å²) in [6.45, 7) is 0.592. The van der Waals surface area contributed by atoms with Crippen molar-refractivity contribution in [2.45, 2.75) is 12.0 Å². The zero-order chi connectivity index (χ0) is 12.6. The zero-order valence-electron chi connectivity index (χ0n) is 8.81. The molecule has 1 atom stereocenters. The lowest BCUT2D eigenvalue weighted by atomic mass is 10.0. The van der Waals surface area contributed by atoms with Gasteiger partial charge in [-0.2, -0.15) is 0 Å². The van der Waals surface area contributed by atoms with Gasteiger partial charge in [-0.3, -0.25) is 9.59 Å². The topological polar surface area (TPSA) is 112 Å². The summed E-state index contributed by atoms with van der Waals surface area (Å²) < 4.78 is 0.287. The van der Waals surface area contributed by atoms with Gasteiger partial charge in [-0.05, 0) is 22.4 Å². The van der Waals surface area contributed by atoms with Gasteiger partial charge in [-0.15, -0.1) is 0 Å². The summed E-state index contributed by atoms with van der Waals surface area (Å²) in [5.74, 6) is -0.622. The lowest BCUT2D eigenvalue weighted by Gasteiger charge is -2.21. The maximum absolute atomic E-state index is 11.4. The molecule has 1 aliphatic rings. The van der Waals surface area contributed by atoms with E-state index in [1.807, 2.05) is 0 Å². The van der Waals surface area contributed by atoms with E-state index in [9.17, 15) is 9.59 Å². The monoisotopic (exact) mass is 302 g/mol. The Morgan fingerprint density at radius 2 is 2.41 bits per heavy atom. The average molecular weight is 303 g/mol. The first-order valence-electron chi connectivity index (χ1n) is 4.94. The van der Waals surface area contributed by atoms with Crippen LogP contribution in [0, 0.1) is 0 Å². The summed E-state index contributed by atoms with van der Waals surface area (Å²) in [5.41, 5.74) is 4.17. The Labute approximate surface area is 105 Å². The van der Waals surface area contributed by atoms with Crippen molar-refractivity contribution in [2.24, 2.45) is 5.73 Å². The van der Waals surface area contributed by atoms with Gasteiger partial charge in [0, 0.05) is 13.1 Å². The molecule has 1 unspecified atom stereocenters. The fourth-order valence-electron chi connectivity index (χ4n) is 1.78. The van der Waals surface area contributed by atoms with Gasteiger partial charge >= 0.3 is 5.97 Å². The molecule has 92 valence electrons. The van der Waals surface area contributed by atoms with Crippen LogP contribution in [-0.4, -0.2) is 39.7 Å². The molecule has 8 heteroatoms. The van der Waals surface area contributed by atoms with E-state index >= 15 is 0 Å². The van der Waals surface area contributed by atoms with Crippen molar-refractivity contribution in [3.05, 3.63) is 21.2 Å². The highest BCUT2D eigenvalue weighted by molar-refractivity contribution is 9.10. The lowest BCUT2D eigenvalue weighted by Crippen LogP contribution is -2.50. The minimum atomic E-state index is -1.27. The van der Waals surface area contributed by atoms with Crippen molar-refractivity contribution in [3.63, 3.8) is 0 Å². The Bertz CT molecular complexity index is 517. The number of anilines is 1. The van der Waals surface area contributed by atoms with E-state index in [0.29, 0.717) is 18.8 Å². The molecule has 1 aromatic heterocycles. The fourth-order valence-corrected chi connectivity index (χ4v) is 2.25. The summed E-state index contributed by atoms with van der Waals surface area (Å²) >= 11 is 3.13. The van der Waals surface area contributed by atoms with Crippen LogP contribution < -0.4 is 16.2 Å². The van der Waals surface area contributed by atoms with Crippen molar-refractivity contribution < 1.29 is 9.90 Å². The molecule has 0 aromatic carbocycles. The zero-order valence-corrected chi connectivity index (χ0v) is 10.4. The number of carbonyl (C=O) groups is 1. The molecule has 2 heterocycles. The molecule has 4 N–H and O–H groups in total. The molecule has 7 nitrogen and oxygen atoms in total. The van der Waals surface area contributed by atoms with Crippen LogP contribution in [-0.2, 0) is 4.79 Å². The number of carboxylic acid groups (broad SMARTS) is 1. The van der Waals surface area contributed by atoms with Crippen LogP contribution in [0.1, 0.15) is 6.42 Å². The number of rotatable bonds is 2. The minimum Gasteiger partial charge on any atom is -0.480 e. The maximum atomic E-state index is 11.4. The van der Waals surface area contributed by atoms with Gasteiger partial charge in [0.2, 0.25) is 0 Å². The molecule has 0 spiro atoms. The summed E-state index contributed by atoms with van der Waals surface area (Å²) in [5, 5.41) is 9.01.